The molecule has 1 amide bonds. The molecule has 0 spiro atoms. The molecule has 3 rings (SSSR count). The van der Waals surface area contributed by atoms with Crippen LogP contribution in [0.1, 0.15) is 21.3 Å². The molecule has 0 radical (unpaired) electrons. The van der Waals surface area contributed by atoms with Crippen LogP contribution in [0, 0.1) is 0 Å². The highest BCUT2D eigenvalue weighted by molar-refractivity contribution is 7.10. The molecule has 0 aliphatic carbocycles. The van der Waals surface area contributed by atoms with Gasteiger partial charge in [0.15, 0.2) is 0 Å². The van der Waals surface area contributed by atoms with Gasteiger partial charge >= 0.3 is 0 Å². The van der Waals surface area contributed by atoms with E-state index in [1.807, 2.05) is 42.5 Å². The van der Waals surface area contributed by atoms with Crippen LogP contribution in [0.4, 0.5) is 0 Å². The maximum absolute atomic E-state index is 12.5. The average molecular weight is 351 g/mol. The average Bonchev–Trinajstić information content (AvgIpc) is 3.16. The van der Waals surface area contributed by atoms with Gasteiger partial charge in [0, 0.05) is 5.56 Å². The summed E-state index contributed by atoms with van der Waals surface area (Å²) < 4.78 is 0. The van der Waals surface area contributed by atoms with Crippen molar-refractivity contribution in [1.82, 2.24) is 5.32 Å². The summed E-state index contributed by atoms with van der Waals surface area (Å²) in [6.45, 7) is 0.627. The summed E-state index contributed by atoms with van der Waals surface area (Å²) in [6, 6.07) is 22.4. The van der Waals surface area contributed by atoms with E-state index in [1.165, 1.54) is 9.78 Å². The van der Waals surface area contributed by atoms with E-state index in [9.17, 15) is 4.79 Å². The Labute approximate surface area is 152 Å². The summed E-state index contributed by atoms with van der Waals surface area (Å²) in [5.74, 6) is -0.0255. The summed E-state index contributed by atoms with van der Waals surface area (Å²) in [4.78, 5) is 15.1. The molecule has 0 saturated carbocycles. The number of hydrogen-bond acceptors (Lipinski definition) is 2. The Morgan fingerprint density at radius 2 is 1.64 bits per heavy atom. The minimum Gasteiger partial charge on any atom is -0.346 e. The first-order chi connectivity index (χ1) is 12.1. The predicted octanol–water partition coefficient (Wildman–Crippen LogP) is 3.03. The van der Waals surface area contributed by atoms with Crippen molar-refractivity contribution < 1.29 is 9.69 Å². The van der Waals surface area contributed by atoms with Crippen LogP contribution < -0.4 is 10.2 Å². The van der Waals surface area contributed by atoms with E-state index in [0.29, 0.717) is 12.1 Å². The standard InChI is InChI=1S/C21H22N2OS/c1-23(2)19(20-9-6-14-25-20)15-22-21(24)18-12-10-17(11-13-18)16-7-4-3-5-8-16/h3-14,19H,15H2,1-2H3,(H,22,24)/p+1/t19-/m0/s1. The first-order valence-corrected chi connectivity index (χ1v) is 9.30. The molecule has 3 nitrogen and oxygen atoms in total. The van der Waals surface area contributed by atoms with Crippen LogP contribution in [-0.2, 0) is 0 Å². The van der Waals surface area contributed by atoms with Gasteiger partial charge in [0.25, 0.3) is 5.91 Å². The molecule has 0 aliphatic rings. The number of amides is 1. The van der Waals surface area contributed by atoms with E-state index in [2.05, 4.69) is 49.1 Å². The summed E-state index contributed by atoms with van der Waals surface area (Å²) in [5, 5.41) is 5.15. The van der Waals surface area contributed by atoms with Crippen molar-refractivity contribution in [3.8, 4) is 11.1 Å². The van der Waals surface area contributed by atoms with Gasteiger partial charge in [-0.2, -0.15) is 0 Å². The third-order valence-corrected chi connectivity index (χ3v) is 5.29. The minimum absolute atomic E-state index is 0.0255. The molecule has 2 N–H and O–H groups in total. The molecule has 0 fully saturated rings. The monoisotopic (exact) mass is 351 g/mol. The number of hydrogen-bond donors (Lipinski definition) is 2. The van der Waals surface area contributed by atoms with Crippen molar-refractivity contribution in [3.05, 3.63) is 82.6 Å². The van der Waals surface area contributed by atoms with Crippen molar-refractivity contribution in [2.75, 3.05) is 20.6 Å². The minimum atomic E-state index is -0.0255. The normalized spacial score (nSPS) is 12.1. The Morgan fingerprint density at radius 3 is 2.24 bits per heavy atom. The van der Waals surface area contributed by atoms with Crippen molar-refractivity contribution in [2.45, 2.75) is 6.04 Å². The molecule has 0 bridgehead atoms. The summed E-state index contributed by atoms with van der Waals surface area (Å²) >= 11 is 1.73. The molecule has 25 heavy (non-hydrogen) atoms. The lowest BCUT2D eigenvalue weighted by molar-refractivity contribution is -0.890. The zero-order valence-corrected chi connectivity index (χ0v) is 15.3. The number of carbonyl (C=O) groups excluding carboxylic acids is 1. The van der Waals surface area contributed by atoms with Crippen LogP contribution in [0.3, 0.4) is 0 Å². The van der Waals surface area contributed by atoms with Crippen LogP contribution in [0.2, 0.25) is 0 Å². The van der Waals surface area contributed by atoms with Crippen molar-refractivity contribution >= 4 is 17.2 Å². The SMILES string of the molecule is C[NH+](C)[C@@H](CNC(=O)c1ccc(-c2ccccc2)cc1)c1cccs1. The maximum Gasteiger partial charge on any atom is 0.251 e. The molecule has 1 atom stereocenters. The topological polar surface area (TPSA) is 33.5 Å². The zero-order chi connectivity index (χ0) is 17.6. The highest BCUT2D eigenvalue weighted by atomic mass is 32.1. The smallest absolute Gasteiger partial charge is 0.251 e. The summed E-state index contributed by atoms with van der Waals surface area (Å²) in [7, 11) is 4.23. The largest absolute Gasteiger partial charge is 0.346 e. The zero-order valence-electron chi connectivity index (χ0n) is 14.5. The number of carbonyl (C=O) groups is 1. The fourth-order valence-electron chi connectivity index (χ4n) is 2.82. The van der Waals surface area contributed by atoms with Gasteiger partial charge in [0.05, 0.1) is 25.5 Å². The van der Waals surface area contributed by atoms with Gasteiger partial charge < -0.3 is 10.2 Å². The number of likely N-dealkylation sites (N-methyl/N-ethyl adjacent to an activating group) is 1. The van der Waals surface area contributed by atoms with E-state index in [-0.39, 0.29) is 11.9 Å². The van der Waals surface area contributed by atoms with Crippen LogP contribution in [-0.4, -0.2) is 26.5 Å². The lowest BCUT2D eigenvalue weighted by Crippen LogP contribution is -3.06. The van der Waals surface area contributed by atoms with Gasteiger partial charge in [-0.15, -0.1) is 11.3 Å². The molecular formula is C21H23N2OS+. The first-order valence-electron chi connectivity index (χ1n) is 8.42. The number of quaternary nitrogens is 1. The maximum atomic E-state index is 12.5. The third-order valence-electron chi connectivity index (χ3n) is 4.30. The third kappa shape index (κ3) is 4.35. The van der Waals surface area contributed by atoms with E-state index < -0.39 is 0 Å². The Kier molecular flexibility index (Phi) is 5.64. The molecule has 3 aromatic rings. The molecular weight excluding hydrogens is 328 g/mol. The highest BCUT2D eigenvalue weighted by Gasteiger charge is 2.20. The van der Waals surface area contributed by atoms with Crippen molar-refractivity contribution in [2.24, 2.45) is 0 Å². The van der Waals surface area contributed by atoms with Crippen LogP contribution >= 0.6 is 11.3 Å². The molecule has 0 saturated heterocycles. The Balaban J connectivity index is 1.65. The first kappa shape index (κ1) is 17.4. The van der Waals surface area contributed by atoms with Crippen LogP contribution in [0.25, 0.3) is 11.1 Å². The molecule has 1 aromatic heterocycles. The summed E-state index contributed by atoms with van der Waals surface area (Å²) in [6.07, 6.45) is 0. The van der Waals surface area contributed by atoms with Gasteiger partial charge in [0.2, 0.25) is 0 Å². The Morgan fingerprint density at radius 1 is 0.960 bits per heavy atom. The second-order valence-electron chi connectivity index (χ2n) is 6.30. The second kappa shape index (κ2) is 8.10. The predicted molar refractivity (Wildman–Crippen MR) is 104 cm³/mol. The van der Waals surface area contributed by atoms with Gasteiger partial charge in [0.1, 0.15) is 6.04 Å². The quantitative estimate of drug-likeness (QED) is 0.703. The molecule has 4 heteroatoms. The lowest BCUT2D eigenvalue weighted by atomic mass is 10.0. The van der Waals surface area contributed by atoms with Gasteiger partial charge in [-0.05, 0) is 34.7 Å². The van der Waals surface area contributed by atoms with Crippen LogP contribution in [0.5, 0.6) is 0 Å². The number of rotatable bonds is 6. The lowest BCUT2D eigenvalue weighted by Gasteiger charge is -2.20. The Hall–Kier alpha value is -2.43. The van der Waals surface area contributed by atoms with E-state index >= 15 is 0 Å². The molecule has 128 valence electrons. The fraction of sp³-hybridized carbons (Fsp3) is 0.190. The number of benzene rings is 2. The fourth-order valence-corrected chi connectivity index (χ4v) is 3.77. The number of thiophene rings is 1. The summed E-state index contributed by atoms with van der Waals surface area (Å²) in [5.41, 5.74) is 2.97. The van der Waals surface area contributed by atoms with Crippen molar-refractivity contribution in [1.29, 1.82) is 0 Å². The molecule has 0 aliphatic heterocycles. The molecule has 1 heterocycles. The Bertz CT molecular complexity index is 796. The van der Waals surface area contributed by atoms with Gasteiger partial charge in [-0.25, -0.2) is 0 Å². The number of nitrogens with one attached hydrogen (secondary N) is 2. The van der Waals surface area contributed by atoms with E-state index in [0.717, 1.165) is 11.1 Å². The van der Waals surface area contributed by atoms with Gasteiger partial charge in [-0.1, -0.05) is 48.5 Å². The van der Waals surface area contributed by atoms with Gasteiger partial charge in [-0.3, -0.25) is 4.79 Å². The second-order valence-corrected chi connectivity index (χ2v) is 7.28. The van der Waals surface area contributed by atoms with E-state index in [1.54, 1.807) is 11.3 Å². The van der Waals surface area contributed by atoms with Crippen molar-refractivity contribution in [3.63, 3.8) is 0 Å². The molecule has 2 aromatic carbocycles. The highest BCUT2D eigenvalue weighted by Crippen LogP contribution is 2.19. The van der Waals surface area contributed by atoms with E-state index in [4.69, 9.17) is 0 Å². The molecule has 0 unspecified atom stereocenters. The van der Waals surface area contributed by atoms with Crippen LogP contribution in [0.15, 0.2) is 72.1 Å².